The summed E-state index contributed by atoms with van der Waals surface area (Å²) in [5, 5.41) is 0. The Morgan fingerprint density at radius 3 is 2.06 bits per heavy atom. The van der Waals surface area contributed by atoms with Crippen LogP contribution in [0, 0.1) is 0 Å². The fraction of sp³-hybridized carbons (Fsp3) is 0.259. The second-order valence-electron chi connectivity index (χ2n) is 8.06. The summed E-state index contributed by atoms with van der Waals surface area (Å²) in [4.78, 5) is 18.0. The summed E-state index contributed by atoms with van der Waals surface area (Å²) < 4.78 is 16.7. The van der Waals surface area contributed by atoms with Crippen LogP contribution in [0.3, 0.4) is 0 Å². The van der Waals surface area contributed by atoms with Crippen LogP contribution in [0.25, 0.3) is 0 Å². The van der Waals surface area contributed by atoms with Gasteiger partial charge in [0, 0.05) is 5.56 Å². The van der Waals surface area contributed by atoms with E-state index in [-0.39, 0.29) is 18.3 Å². The van der Waals surface area contributed by atoms with Crippen molar-refractivity contribution in [1.82, 2.24) is 0 Å². The normalized spacial score (nSPS) is 11.7. The quantitative estimate of drug-likeness (QED) is 0.254. The Bertz CT molecular complexity index is 1060. The van der Waals surface area contributed by atoms with Crippen molar-refractivity contribution in [3.8, 4) is 11.5 Å². The van der Waals surface area contributed by atoms with Gasteiger partial charge in [-0.3, -0.25) is 4.79 Å². The zero-order valence-corrected chi connectivity index (χ0v) is 19.0. The molecule has 166 valence electrons. The number of carbonyl (C=O) groups excluding carboxylic acids is 1. The van der Waals surface area contributed by atoms with E-state index in [1.807, 2.05) is 80.6 Å². The van der Waals surface area contributed by atoms with Crippen LogP contribution in [-0.4, -0.2) is 31.4 Å². The average molecular weight is 432 g/mol. The summed E-state index contributed by atoms with van der Waals surface area (Å²) in [6, 6.07) is 24.6. The number of ether oxygens (including phenoxy) is 3. The lowest BCUT2D eigenvalue weighted by molar-refractivity contribution is 0.102. The van der Waals surface area contributed by atoms with Crippen molar-refractivity contribution in [3.05, 3.63) is 95.6 Å². The van der Waals surface area contributed by atoms with E-state index in [1.54, 1.807) is 26.4 Å². The van der Waals surface area contributed by atoms with Crippen LogP contribution < -0.4 is 9.47 Å². The second-order valence-corrected chi connectivity index (χ2v) is 8.06. The van der Waals surface area contributed by atoms with Gasteiger partial charge in [-0.1, -0.05) is 66.7 Å². The summed E-state index contributed by atoms with van der Waals surface area (Å²) in [6.07, 6.45) is 0.591. The van der Waals surface area contributed by atoms with Gasteiger partial charge in [-0.15, -0.1) is 0 Å². The van der Waals surface area contributed by atoms with E-state index in [9.17, 15) is 4.79 Å². The molecule has 0 N–H and O–H groups in total. The van der Waals surface area contributed by atoms with Gasteiger partial charge < -0.3 is 14.2 Å². The molecule has 0 aliphatic rings. The van der Waals surface area contributed by atoms with Crippen LogP contribution in [-0.2, 0) is 17.8 Å². The largest absolute Gasteiger partial charge is 0.493 e. The predicted molar refractivity (Wildman–Crippen MR) is 127 cm³/mol. The molecule has 0 aromatic heterocycles. The minimum absolute atomic E-state index is 0.102. The highest BCUT2D eigenvalue weighted by Gasteiger charge is 2.24. The molecule has 0 aliphatic carbocycles. The van der Waals surface area contributed by atoms with Crippen molar-refractivity contribution < 1.29 is 19.0 Å². The number of aliphatic imine (C=N–C) groups is 1. The summed E-state index contributed by atoms with van der Waals surface area (Å²) in [7, 11) is 3.22. The monoisotopic (exact) mass is 431 g/mol. The first-order valence-electron chi connectivity index (χ1n) is 10.5. The fourth-order valence-electron chi connectivity index (χ4n) is 3.39. The van der Waals surface area contributed by atoms with E-state index in [1.165, 1.54) is 0 Å². The zero-order chi connectivity index (χ0) is 23.0. The summed E-state index contributed by atoms with van der Waals surface area (Å²) >= 11 is 0. The lowest BCUT2D eigenvalue weighted by atomic mass is 9.95. The molecular weight excluding hydrogens is 402 g/mol. The molecule has 0 saturated carbocycles. The molecule has 0 spiro atoms. The molecule has 5 nitrogen and oxygen atoms in total. The van der Waals surface area contributed by atoms with Crippen molar-refractivity contribution in [3.63, 3.8) is 0 Å². The highest BCUT2D eigenvalue weighted by molar-refractivity contribution is 6.43. The Hall–Kier alpha value is -3.60. The molecular formula is C27H29NO4. The Labute approximate surface area is 189 Å². The molecule has 0 fully saturated rings. The van der Waals surface area contributed by atoms with Crippen LogP contribution in [0.5, 0.6) is 11.5 Å². The van der Waals surface area contributed by atoms with E-state index >= 15 is 0 Å². The number of hydrogen-bond donors (Lipinski definition) is 0. The number of Topliss-reactive ketones (excluding diaryl/α,β-unsaturated/α-hetero) is 1. The van der Waals surface area contributed by atoms with Gasteiger partial charge in [-0.25, -0.2) is 4.99 Å². The summed E-state index contributed by atoms with van der Waals surface area (Å²) in [5.41, 5.74) is 1.95. The Balaban J connectivity index is 1.87. The molecule has 0 saturated heterocycles. The van der Waals surface area contributed by atoms with E-state index < -0.39 is 5.54 Å². The number of methoxy groups -OCH3 is 2. The Kier molecular flexibility index (Phi) is 7.66. The smallest absolute Gasteiger partial charge is 0.259 e. The lowest BCUT2D eigenvalue weighted by Crippen LogP contribution is -2.27. The first-order chi connectivity index (χ1) is 15.4. The molecule has 3 aromatic carbocycles. The van der Waals surface area contributed by atoms with Crippen molar-refractivity contribution >= 4 is 11.7 Å². The van der Waals surface area contributed by atoms with Gasteiger partial charge in [0.25, 0.3) is 5.90 Å². The Morgan fingerprint density at radius 1 is 0.812 bits per heavy atom. The van der Waals surface area contributed by atoms with E-state index in [2.05, 4.69) is 0 Å². The fourth-order valence-corrected chi connectivity index (χ4v) is 3.39. The minimum Gasteiger partial charge on any atom is -0.493 e. The molecule has 3 rings (SSSR count). The molecule has 0 radical (unpaired) electrons. The van der Waals surface area contributed by atoms with Crippen LogP contribution >= 0.6 is 0 Å². The van der Waals surface area contributed by atoms with Gasteiger partial charge in [0.05, 0.1) is 19.8 Å². The molecule has 0 bridgehead atoms. The third-order valence-electron chi connectivity index (χ3n) is 4.94. The maximum absolute atomic E-state index is 13.2. The van der Waals surface area contributed by atoms with Gasteiger partial charge in [0.1, 0.15) is 6.61 Å². The first kappa shape index (κ1) is 23.1. The number of rotatable bonds is 9. The van der Waals surface area contributed by atoms with Gasteiger partial charge in [-0.05, 0) is 43.5 Å². The number of carbonyl (C=O) groups is 1. The van der Waals surface area contributed by atoms with E-state index in [4.69, 9.17) is 19.2 Å². The maximum Gasteiger partial charge on any atom is 0.259 e. The Morgan fingerprint density at radius 2 is 1.44 bits per heavy atom. The van der Waals surface area contributed by atoms with Gasteiger partial charge in [-0.2, -0.15) is 0 Å². The van der Waals surface area contributed by atoms with Crippen molar-refractivity contribution in [2.75, 3.05) is 14.2 Å². The molecule has 3 aromatic rings. The lowest BCUT2D eigenvalue weighted by Gasteiger charge is -2.22. The third kappa shape index (κ3) is 6.20. The number of nitrogens with zero attached hydrogens (tertiary/aromatic N) is 1. The van der Waals surface area contributed by atoms with Crippen LogP contribution in [0.15, 0.2) is 83.9 Å². The van der Waals surface area contributed by atoms with Crippen molar-refractivity contribution in [1.29, 1.82) is 0 Å². The molecule has 5 heteroatoms. The van der Waals surface area contributed by atoms with E-state index in [0.717, 1.165) is 11.1 Å². The van der Waals surface area contributed by atoms with Crippen molar-refractivity contribution in [2.45, 2.75) is 32.4 Å². The standard InChI is InChI=1S/C27H29NO4/c1-27(2,18-21-15-16-23(30-3)24(17-21)31-4)28-26(25(29)22-13-9-6-10-14-22)32-19-20-11-7-5-8-12-20/h5-17H,18-19H2,1-4H3. The first-order valence-corrected chi connectivity index (χ1v) is 10.5. The number of benzene rings is 3. The maximum atomic E-state index is 13.2. The zero-order valence-electron chi connectivity index (χ0n) is 19.0. The van der Waals surface area contributed by atoms with E-state index in [0.29, 0.717) is 23.5 Å². The summed E-state index contributed by atoms with van der Waals surface area (Å²) in [5.74, 6) is 1.20. The van der Waals surface area contributed by atoms with Gasteiger partial charge in [0.2, 0.25) is 5.78 Å². The number of hydrogen-bond acceptors (Lipinski definition) is 5. The number of ketones is 1. The van der Waals surface area contributed by atoms with Crippen LogP contribution in [0.2, 0.25) is 0 Å². The van der Waals surface area contributed by atoms with Crippen molar-refractivity contribution in [2.24, 2.45) is 4.99 Å². The van der Waals surface area contributed by atoms with Gasteiger partial charge >= 0.3 is 0 Å². The molecule has 0 heterocycles. The SMILES string of the molecule is COc1ccc(CC(C)(C)N=C(OCc2ccccc2)C(=O)c2ccccc2)cc1OC. The highest BCUT2D eigenvalue weighted by atomic mass is 16.5. The van der Waals surface area contributed by atoms with Crippen LogP contribution in [0.1, 0.15) is 35.3 Å². The molecule has 0 aliphatic heterocycles. The third-order valence-corrected chi connectivity index (χ3v) is 4.94. The highest BCUT2D eigenvalue weighted by Crippen LogP contribution is 2.30. The molecule has 32 heavy (non-hydrogen) atoms. The second kappa shape index (κ2) is 10.6. The molecule has 0 atom stereocenters. The minimum atomic E-state index is -0.587. The average Bonchev–Trinajstić information content (AvgIpc) is 2.82. The molecule has 0 amide bonds. The summed E-state index contributed by atoms with van der Waals surface area (Å²) in [6.45, 7) is 4.23. The predicted octanol–water partition coefficient (Wildman–Crippen LogP) is 5.52. The van der Waals surface area contributed by atoms with Crippen LogP contribution in [0.4, 0.5) is 0 Å². The molecule has 0 unspecified atom stereocenters. The van der Waals surface area contributed by atoms with Gasteiger partial charge in [0.15, 0.2) is 11.5 Å². The topological polar surface area (TPSA) is 57.1 Å².